The molecule has 2 rings (SSSR count). The van der Waals surface area contributed by atoms with Crippen molar-refractivity contribution < 1.29 is 18.3 Å². The molecule has 104 valence electrons. The number of pyridine rings is 1. The molecule has 4 nitrogen and oxygen atoms in total. The predicted octanol–water partition coefficient (Wildman–Crippen LogP) is 3.24. The smallest absolute Gasteiger partial charge is 0.387 e. The van der Waals surface area contributed by atoms with E-state index in [9.17, 15) is 13.6 Å². The summed E-state index contributed by atoms with van der Waals surface area (Å²) in [5.74, 6) is 0.0693. The lowest BCUT2D eigenvalue weighted by Crippen LogP contribution is -2.13. The fraction of sp³-hybridized carbons (Fsp3) is 0.143. The summed E-state index contributed by atoms with van der Waals surface area (Å²) in [7, 11) is 0. The first-order valence-electron chi connectivity index (χ1n) is 5.84. The van der Waals surface area contributed by atoms with Gasteiger partial charge in [-0.2, -0.15) is 8.78 Å². The van der Waals surface area contributed by atoms with E-state index in [0.29, 0.717) is 11.4 Å². The summed E-state index contributed by atoms with van der Waals surface area (Å²) < 4.78 is 28.2. The van der Waals surface area contributed by atoms with E-state index in [1.54, 1.807) is 12.1 Å². The molecule has 6 heteroatoms. The summed E-state index contributed by atoms with van der Waals surface area (Å²) >= 11 is 0. The van der Waals surface area contributed by atoms with E-state index in [2.05, 4.69) is 15.0 Å². The Labute approximate surface area is 114 Å². The van der Waals surface area contributed by atoms with Crippen molar-refractivity contribution in [2.75, 3.05) is 5.32 Å². The number of nitrogens with zero attached hydrogens (tertiary/aromatic N) is 1. The second-order valence-corrected chi connectivity index (χ2v) is 4.02. The van der Waals surface area contributed by atoms with Crippen molar-refractivity contribution >= 4 is 11.7 Å². The Kier molecular flexibility index (Phi) is 4.24. The van der Waals surface area contributed by atoms with Crippen LogP contribution in [-0.2, 0) is 0 Å². The zero-order valence-electron chi connectivity index (χ0n) is 10.6. The van der Waals surface area contributed by atoms with Crippen LogP contribution in [0.25, 0.3) is 0 Å². The molecular formula is C14H12F2N2O2. The van der Waals surface area contributed by atoms with E-state index in [0.717, 1.165) is 5.69 Å². The summed E-state index contributed by atoms with van der Waals surface area (Å²) in [4.78, 5) is 16.1. The standard InChI is InChI=1S/C14H12F2N2O2/c1-9-3-2-4-12(17-9)18-13(19)10-5-7-11(8-6-10)20-14(15)16/h2-8,14H,1H3,(H,17,18,19). The minimum absolute atomic E-state index is 0.00484. The Morgan fingerprint density at radius 3 is 2.50 bits per heavy atom. The summed E-state index contributed by atoms with van der Waals surface area (Å²) in [6.45, 7) is -1.07. The molecule has 1 amide bonds. The number of nitrogens with one attached hydrogen (secondary N) is 1. The molecule has 0 aliphatic heterocycles. The lowest BCUT2D eigenvalue weighted by molar-refractivity contribution is -0.0498. The van der Waals surface area contributed by atoms with Gasteiger partial charge in [-0.05, 0) is 43.3 Å². The summed E-state index contributed by atoms with van der Waals surface area (Å²) in [6, 6.07) is 10.7. The third kappa shape index (κ3) is 3.74. The molecule has 1 heterocycles. The molecule has 0 fully saturated rings. The zero-order valence-corrected chi connectivity index (χ0v) is 10.6. The number of carbonyl (C=O) groups excluding carboxylic acids is 1. The van der Waals surface area contributed by atoms with E-state index < -0.39 is 6.61 Å². The van der Waals surface area contributed by atoms with Crippen molar-refractivity contribution in [2.45, 2.75) is 13.5 Å². The number of alkyl halides is 2. The molecule has 0 aliphatic rings. The normalized spacial score (nSPS) is 10.4. The van der Waals surface area contributed by atoms with Crippen LogP contribution in [0.1, 0.15) is 16.1 Å². The lowest BCUT2D eigenvalue weighted by atomic mass is 10.2. The van der Waals surface area contributed by atoms with Crippen molar-refractivity contribution in [3.8, 4) is 5.75 Å². The third-order valence-corrected chi connectivity index (χ3v) is 2.47. The predicted molar refractivity (Wildman–Crippen MR) is 70.0 cm³/mol. The Hall–Kier alpha value is -2.50. The molecule has 0 saturated heterocycles. The minimum atomic E-state index is -2.88. The maximum absolute atomic E-state index is 12.0. The fourth-order valence-electron chi connectivity index (χ4n) is 1.59. The molecule has 0 spiro atoms. The van der Waals surface area contributed by atoms with Crippen LogP contribution >= 0.6 is 0 Å². The van der Waals surface area contributed by atoms with Gasteiger partial charge in [0.25, 0.3) is 5.91 Å². The van der Waals surface area contributed by atoms with Crippen LogP contribution in [0.4, 0.5) is 14.6 Å². The van der Waals surface area contributed by atoms with Gasteiger partial charge in [0, 0.05) is 11.3 Å². The lowest BCUT2D eigenvalue weighted by Gasteiger charge is -2.07. The number of carbonyl (C=O) groups is 1. The number of benzene rings is 1. The number of hydrogen-bond donors (Lipinski definition) is 1. The van der Waals surface area contributed by atoms with E-state index in [4.69, 9.17) is 0 Å². The number of rotatable bonds is 4. The molecule has 1 aromatic heterocycles. The Morgan fingerprint density at radius 1 is 1.20 bits per heavy atom. The molecule has 1 N–H and O–H groups in total. The maximum Gasteiger partial charge on any atom is 0.387 e. The Morgan fingerprint density at radius 2 is 1.90 bits per heavy atom. The van der Waals surface area contributed by atoms with Gasteiger partial charge < -0.3 is 10.1 Å². The summed E-state index contributed by atoms with van der Waals surface area (Å²) in [6.07, 6.45) is 0. The summed E-state index contributed by atoms with van der Waals surface area (Å²) in [5, 5.41) is 2.62. The number of hydrogen-bond acceptors (Lipinski definition) is 3. The molecular weight excluding hydrogens is 266 g/mol. The van der Waals surface area contributed by atoms with Crippen LogP contribution in [-0.4, -0.2) is 17.5 Å². The molecule has 0 saturated carbocycles. The maximum atomic E-state index is 12.0. The van der Waals surface area contributed by atoms with Crippen molar-refractivity contribution in [1.82, 2.24) is 4.98 Å². The van der Waals surface area contributed by atoms with Gasteiger partial charge in [-0.3, -0.25) is 4.79 Å². The van der Waals surface area contributed by atoms with Crippen LogP contribution < -0.4 is 10.1 Å². The van der Waals surface area contributed by atoms with Gasteiger partial charge in [-0.1, -0.05) is 6.07 Å². The molecule has 0 atom stereocenters. The van der Waals surface area contributed by atoms with Gasteiger partial charge in [0.05, 0.1) is 0 Å². The summed E-state index contributed by atoms with van der Waals surface area (Å²) in [5.41, 5.74) is 1.11. The second kappa shape index (κ2) is 6.10. The highest BCUT2D eigenvalue weighted by Gasteiger charge is 2.08. The quantitative estimate of drug-likeness (QED) is 0.934. The fourth-order valence-corrected chi connectivity index (χ4v) is 1.59. The van der Waals surface area contributed by atoms with Crippen LogP contribution in [0.15, 0.2) is 42.5 Å². The number of ether oxygens (including phenoxy) is 1. The Balaban J connectivity index is 2.06. The van der Waals surface area contributed by atoms with Gasteiger partial charge in [0.15, 0.2) is 0 Å². The molecule has 0 radical (unpaired) electrons. The van der Waals surface area contributed by atoms with E-state index in [1.165, 1.54) is 24.3 Å². The highest BCUT2D eigenvalue weighted by Crippen LogP contribution is 2.15. The molecule has 20 heavy (non-hydrogen) atoms. The highest BCUT2D eigenvalue weighted by atomic mass is 19.3. The average Bonchev–Trinajstić information content (AvgIpc) is 2.38. The second-order valence-electron chi connectivity index (χ2n) is 4.02. The van der Waals surface area contributed by atoms with Crippen LogP contribution in [0.5, 0.6) is 5.75 Å². The zero-order chi connectivity index (χ0) is 14.5. The SMILES string of the molecule is Cc1cccc(NC(=O)c2ccc(OC(F)F)cc2)n1. The number of halogens is 2. The minimum Gasteiger partial charge on any atom is -0.435 e. The average molecular weight is 278 g/mol. The van der Waals surface area contributed by atoms with Gasteiger partial charge in [-0.15, -0.1) is 0 Å². The van der Waals surface area contributed by atoms with Crippen molar-refractivity contribution in [2.24, 2.45) is 0 Å². The first-order chi connectivity index (χ1) is 9.54. The third-order valence-electron chi connectivity index (χ3n) is 2.47. The van der Waals surface area contributed by atoms with Gasteiger partial charge in [-0.25, -0.2) is 4.98 Å². The molecule has 1 aromatic carbocycles. The van der Waals surface area contributed by atoms with Crippen molar-refractivity contribution in [1.29, 1.82) is 0 Å². The number of anilines is 1. The number of amides is 1. The van der Waals surface area contributed by atoms with E-state index in [-0.39, 0.29) is 11.7 Å². The van der Waals surface area contributed by atoms with E-state index >= 15 is 0 Å². The van der Waals surface area contributed by atoms with Crippen molar-refractivity contribution in [3.05, 3.63) is 53.7 Å². The highest BCUT2D eigenvalue weighted by molar-refractivity contribution is 6.03. The largest absolute Gasteiger partial charge is 0.435 e. The molecule has 0 aliphatic carbocycles. The van der Waals surface area contributed by atoms with Gasteiger partial charge in [0.1, 0.15) is 11.6 Å². The molecule has 2 aromatic rings. The number of aromatic nitrogens is 1. The van der Waals surface area contributed by atoms with Gasteiger partial charge >= 0.3 is 6.61 Å². The topological polar surface area (TPSA) is 51.2 Å². The van der Waals surface area contributed by atoms with Crippen LogP contribution in [0.2, 0.25) is 0 Å². The van der Waals surface area contributed by atoms with Crippen molar-refractivity contribution in [3.63, 3.8) is 0 Å². The first-order valence-corrected chi connectivity index (χ1v) is 5.84. The van der Waals surface area contributed by atoms with E-state index in [1.807, 2.05) is 13.0 Å². The van der Waals surface area contributed by atoms with Crippen LogP contribution in [0, 0.1) is 6.92 Å². The number of aryl methyl sites for hydroxylation is 1. The van der Waals surface area contributed by atoms with Crippen LogP contribution in [0.3, 0.4) is 0 Å². The monoisotopic (exact) mass is 278 g/mol. The Bertz CT molecular complexity index is 600. The first kappa shape index (κ1) is 13.9. The molecule has 0 bridgehead atoms. The van der Waals surface area contributed by atoms with Gasteiger partial charge in [0.2, 0.25) is 0 Å². The molecule has 0 unspecified atom stereocenters.